The van der Waals surface area contributed by atoms with E-state index in [1.807, 2.05) is 6.92 Å². The molecular formula is C13H16N2O. The van der Waals surface area contributed by atoms with E-state index in [0.29, 0.717) is 11.6 Å². The molecule has 1 heterocycles. The minimum atomic E-state index is 0.447. The number of benzene rings is 1. The third-order valence-corrected chi connectivity index (χ3v) is 3.22. The number of aryl methyl sites for hydroxylation is 1. The summed E-state index contributed by atoms with van der Waals surface area (Å²) in [5.74, 6) is 0.447. The van der Waals surface area contributed by atoms with Crippen molar-refractivity contribution in [1.29, 1.82) is 5.26 Å². The predicted molar refractivity (Wildman–Crippen MR) is 63.1 cm³/mol. The van der Waals surface area contributed by atoms with Crippen molar-refractivity contribution < 1.29 is 4.74 Å². The minimum absolute atomic E-state index is 0.447. The van der Waals surface area contributed by atoms with Gasteiger partial charge in [0.15, 0.2) is 0 Å². The average Bonchev–Trinajstić information content (AvgIpc) is 2.33. The maximum atomic E-state index is 9.13. The lowest BCUT2D eigenvalue weighted by molar-refractivity contribution is 0.0853. The highest BCUT2D eigenvalue weighted by molar-refractivity contribution is 5.56. The topological polar surface area (TPSA) is 59.0 Å². The van der Waals surface area contributed by atoms with E-state index in [2.05, 4.69) is 12.1 Å². The molecule has 0 amide bonds. The lowest BCUT2D eigenvalue weighted by atomic mass is 9.87. The van der Waals surface area contributed by atoms with Crippen molar-refractivity contribution in [3.8, 4) is 6.07 Å². The highest BCUT2D eigenvalue weighted by Gasteiger charge is 2.19. The van der Waals surface area contributed by atoms with E-state index in [-0.39, 0.29) is 0 Å². The van der Waals surface area contributed by atoms with E-state index in [1.165, 1.54) is 0 Å². The summed E-state index contributed by atoms with van der Waals surface area (Å²) in [4.78, 5) is 0. The van der Waals surface area contributed by atoms with Crippen molar-refractivity contribution >= 4 is 5.69 Å². The maximum Gasteiger partial charge on any atom is 0.0995 e. The Hall–Kier alpha value is -1.53. The largest absolute Gasteiger partial charge is 0.398 e. The van der Waals surface area contributed by atoms with E-state index >= 15 is 0 Å². The van der Waals surface area contributed by atoms with Crippen LogP contribution in [0, 0.1) is 18.3 Å². The van der Waals surface area contributed by atoms with Gasteiger partial charge >= 0.3 is 0 Å². The van der Waals surface area contributed by atoms with Crippen LogP contribution in [0.3, 0.4) is 0 Å². The number of hydrogen-bond donors (Lipinski definition) is 1. The zero-order valence-electron chi connectivity index (χ0n) is 9.49. The van der Waals surface area contributed by atoms with Crippen LogP contribution in [0.25, 0.3) is 0 Å². The summed E-state index contributed by atoms with van der Waals surface area (Å²) >= 11 is 0. The first kappa shape index (κ1) is 11.0. The first-order valence-electron chi connectivity index (χ1n) is 5.60. The van der Waals surface area contributed by atoms with Crippen molar-refractivity contribution in [2.75, 3.05) is 18.9 Å². The molecule has 1 aromatic carbocycles. The van der Waals surface area contributed by atoms with Crippen LogP contribution >= 0.6 is 0 Å². The Morgan fingerprint density at radius 2 is 2.06 bits per heavy atom. The Morgan fingerprint density at radius 1 is 1.38 bits per heavy atom. The lowest BCUT2D eigenvalue weighted by Crippen LogP contribution is -2.15. The molecule has 1 aliphatic rings. The zero-order valence-corrected chi connectivity index (χ0v) is 9.49. The molecule has 1 fully saturated rings. The van der Waals surface area contributed by atoms with Crippen LogP contribution in [0.4, 0.5) is 5.69 Å². The summed E-state index contributed by atoms with van der Waals surface area (Å²) in [5, 5.41) is 9.13. The second kappa shape index (κ2) is 4.54. The molecule has 0 saturated carbocycles. The monoisotopic (exact) mass is 216 g/mol. The fourth-order valence-electron chi connectivity index (χ4n) is 2.19. The average molecular weight is 216 g/mol. The molecule has 1 saturated heterocycles. The van der Waals surface area contributed by atoms with Gasteiger partial charge in [0.1, 0.15) is 0 Å². The summed E-state index contributed by atoms with van der Waals surface area (Å²) in [5.41, 5.74) is 9.43. The van der Waals surface area contributed by atoms with Crippen molar-refractivity contribution in [3.63, 3.8) is 0 Å². The second-order valence-electron chi connectivity index (χ2n) is 4.29. The van der Waals surface area contributed by atoms with Gasteiger partial charge in [0.05, 0.1) is 11.6 Å². The zero-order chi connectivity index (χ0) is 11.5. The Kier molecular flexibility index (Phi) is 3.12. The third kappa shape index (κ3) is 2.02. The summed E-state index contributed by atoms with van der Waals surface area (Å²) in [7, 11) is 0. The summed E-state index contributed by atoms with van der Waals surface area (Å²) < 4.78 is 5.34. The molecule has 2 N–H and O–H groups in total. The Labute approximate surface area is 95.8 Å². The molecule has 0 unspecified atom stereocenters. The molecule has 3 nitrogen and oxygen atoms in total. The van der Waals surface area contributed by atoms with E-state index in [4.69, 9.17) is 15.7 Å². The molecule has 0 spiro atoms. The molecule has 84 valence electrons. The Morgan fingerprint density at radius 3 is 2.69 bits per heavy atom. The highest BCUT2D eigenvalue weighted by Crippen LogP contribution is 2.31. The van der Waals surface area contributed by atoms with Gasteiger partial charge in [-0.3, -0.25) is 0 Å². The number of rotatable bonds is 1. The molecular weight excluding hydrogens is 200 g/mol. The van der Waals surface area contributed by atoms with Gasteiger partial charge in [-0.15, -0.1) is 0 Å². The van der Waals surface area contributed by atoms with Crippen LogP contribution in [0.5, 0.6) is 0 Å². The number of anilines is 1. The fourth-order valence-corrected chi connectivity index (χ4v) is 2.19. The first-order chi connectivity index (χ1) is 7.72. The smallest absolute Gasteiger partial charge is 0.0995 e. The van der Waals surface area contributed by atoms with Crippen molar-refractivity contribution in [3.05, 3.63) is 28.8 Å². The Balaban J connectivity index is 2.38. The van der Waals surface area contributed by atoms with Gasteiger partial charge in [-0.05, 0) is 42.9 Å². The number of nitrogen functional groups attached to an aromatic ring is 1. The molecule has 0 atom stereocenters. The molecule has 3 heteroatoms. The third-order valence-electron chi connectivity index (χ3n) is 3.22. The molecule has 1 aliphatic heterocycles. The van der Waals surface area contributed by atoms with E-state index in [1.54, 1.807) is 6.07 Å². The summed E-state index contributed by atoms with van der Waals surface area (Å²) in [6, 6.07) is 6.09. The minimum Gasteiger partial charge on any atom is -0.398 e. The Bertz CT molecular complexity index is 428. The van der Waals surface area contributed by atoms with Gasteiger partial charge in [-0.1, -0.05) is 6.07 Å². The van der Waals surface area contributed by atoms with Crippen molar-refractivity contribution in [2.24, 2.45) is 0 Å². The number of nitriles is 1. The van der Waals surface area contributed by atoms with Crippen LogP contribution in [0.2, 0.25) is 0 Å². The van der Waals surface area contributed by atoms with Crippen LogP contribution in [-0.2, 0) is 4.74 Å². The van der Waals surface area contributed by atoms with Gasteiger partial charge in [-0.2, -0.15) is 5.26 Å². The molecule has 0 aromatic heterocycles. The standard InChI is InChI=1S/C13H16N2O/c1-9-6-12(10-2-4-16-5-3-10)11(8-14)7-13(9)15/h6-7,10H,2-5,15H2,1H3. The second-order valence-corrected chi connectivity index (χ2v) is 4.29. The van der Waals surface area contributed by atoms with Crippen molar-refractivity contribution in [2.45, 2.75) is 25.7 Å². The number of ether oxygens (including phenoxy) is 1. The molecule has 16 heavy (non-hydrogen) atoms. The van der Waals surface area contributed by atoms with Crippen LogP contribution in [-0.4, -0.2) is 13.2 Å². The van der Waals surface area contributed by atoms with E-state index in [9.17, 15) is 0 Å². The van der Waals surface area contributed by atoms with Crippen LogP contribution < -0.4 is 5.73 Å². The summed E-state index contributed by atoms with van der Waals surface area (Å²) in [6.45, 7) is 3.57. The maximum absolute atomic E-state index is 9.13. The summed E-state index contributed by atoms with van der Waals surface area (Å²) in [6.07, 6.45) is 2.00. The normalized spacial score (nSPS) is 17.0. The van der Waals surface area contributed by atoms with Gasteiger partial charge in [0.2, 0.25) is 0 Å². The van der Waals surface area contributed by atoms with E-state index in [0.717, 1.165) is 42.7 Å². The van der Waals surface area contributed by atoms with Crippen LogP contribution in [0.1, 0.15) is 35.4 Å². The lowest BCUT2D eigenvalue weighted by Gasteiger charge is -2.23. The van der Waals surface area contributed by atoms with Crippen molar-refractivity contribution in [1.82, 2.24) is 0 Å². The van der Waals surface area contributed by atoms with Gasteiger partial charge in [-0.25, -0.2) is 0 Å². The van der Waals surface area contributed by atoms with Gasteiger partial charge in [0.25, 0.3) is 0 Å². The first-order valence-corrected chi connectivity index (χ1v) is 5.60. The van der Waals surface area contributed by atoms with Crippen LogP contribution in [0.15, 0.2) is 12.1 Å². The molecule has 0 aliphatic carbocycles. The molecule has 0 radical (unpaired) electrons. The number of nitrogens with two attached hydrogens (primary N) is 1. The molecule has 2 rings (SSSR count). The number of nitrogens with zero attached hydrogens (tertiary/aromatic N) is 1. The SMILES string of the molecule is Cc1cc(C2CCOCC2)c(C#N)cc1N. The van der Waals surface area contributed by atoms with E-state index < -0.39 is 0 Å². The predicted octanol–water partition coefficient (Wildman–Crippen LogP) is 2.34. The highest BCUT2D eigenvalue weighted by atomic mass is 16.5. The van der Waals surface area contributed by atoms with Gasteiger partial charge < -0.3 is 10.5 Å². The number of hydrogen-bond acceptors (Lipinski definition) is 3. The quantitative estimate of drug-likeness (QED) is 0.733. The van der Waals surface area contributed by atoms with Gasteiger partial charge in [0, 0.05) is 18.9 Å². The fraction of sp³-hybridized carbons (Fsp3) is 0.462. The molecule has 1 aromatic rings. The molecule has 0 bridgehead atoms.